The van der Waals surface area contributed by atoms with Crippen LogP contribution in [0, 0.1) is 0 Å². The monoisotopic (exact) mass is 308 g/mol. The molecule has 0 spiro atoms. The van der Waals surface area contributed by atoms with Crippen LogP contribution >= 0.6 is 24.2 Å². The van der Waals surface area contributed by atoms with E-state index in [0.717, 1.165) is 0 Å². The summed E-state index contributed by atoms with van der Waals surface area (Å²) in [6.45, 7) is 0. The lowest BCUT2D eigenvalue weighted by molar-refractivity contribution is 0.318. The third kappa shape index (κ3) is 4.47. The largest absolute Gasteiger partial charge is 0.409 e. The van der Waals surface area contributed by atoms with Gasteiger partial charge in [-0.1, -0.05) is 65.8 Å². The van der Waals surface area contributed by atoms with E-state index in [1.54, 1.807) is 11.8 Å². The van der Waals surface area contributed by atoms with E-state index < -0.39 is 0 Å². The summed E-state index contributed by atoms with van der Waals surface area (Å²) < 4.78 is 0. The highest BCUT2D eigenvalue weighted by molar-refractivity contribution is 8.00. The number of thioether (sulfide) groups is 1. The molecule has 0 aliphatic carbocycles. The summed E-state index contributed by atoms with van der Waals surface area (Å²) in [5.41, 5.74) is 7.98. The van der Waals surface area contributed by atoms with Crippen LogP contribution in [0.5, 0.6) is 0 Å². The molecule has 2 aromatic carbocycles. The molecule has 0 amide bonds. The molecule has 0 radical (unpaired) electrons. The van der Waals surface area contributed by atoms with Gasteiger partial charge in [0, 0.05) is 0 Å². The molecule has 0 unspecified atom stereocenters. The minimum atomic E-state index is 0. The van der Waals surface area contributed by atoms with Crippen LogP contribution in [0.4, 0.5) is 0 Å². The second kappa shape index (κ2) is 8.51. The molecule has 0 bridgehead atoms. The van der Waals surface area contributed by atoms with Gasteiger partial charge in [-0.2, -0.15) is 0 Å². The summed E-state index contributed by atoms with van der Waals surface area (Å²) in [5.74, 6) is 0.729. The zero-order valence-electron chi connectivity index (χ0n) is 10.8. The van der Waals surface area contributed by atoms with Crippen molar-refractivity contribution in [3.05, 3.63) is 71.8 Å². The molecule has 20 heavy (non-hydrogen) atoms. The predicted octanol–water partition coefficient (Wildman–Crippen LogP) is 3.68. The van der Waals surface area contributed by atoms with Crippen molar-refractivity contribution >= 4 is 30.0 Å². The Bertz CT molecular complexity index is 495. The molecular formula is C15H17ClN2OS. The zero-order valence-corrected chi connectivity index (χ0v) is 12.5. The van der Waals surface area contributed by atoms with E-state index in [1.165, 1.54) is 11.1 Å². The average Bonchev–Trinajstić information content (AvgIpc) is 2.49. The molecule has 0 aliphatic heterocycles. The van der Waals surface area contributed by atoms with Crippen molar-refractivity contribution in [3.8, 4) is 0 Å². The molecule has 0 aliphatic rings. The van der Waals surface area contributed by atoms with Gasteiger partial charge in [0.1, 0.15) is 5.84 Å². The molecule has 0 atom stereocenters. The third-order valence-electron chi connectivity index (χ3n) is 2.73. The first-order valence-corrected chi connectivity index (χ1v) is 7.04. The van der Waals surface area contributed by atoms with Gasteiger partial charge in [0.05, 0.1) is 11.0 Å². The number of nitrogens with zero attached hydrogens (tertiary/aromatic N) is 1. The summed E-state index contributed by atoms with van der Waals surface area (Å²) in [6.07, 6.45) is 0. The Morgan fingerprint density at radius 2 is 1.45 bits per heavy atom. The number of hydrogen-bond acceptors (Lipinski definition) is 3. The van der Waals surface area contributed by atoms with Crippen LogP contribution in [0.1, 0.15) is 16.4 Å². The topological polar surface area (TPSA) is 58.6 Å². The molecule has 2 rings (SSSR count). The second-order valence-corrected chi connectivity index (χ2v) is 5.20. The van der Waals surface area contributed by atoms with Crippen molar-refractivity contribution in [1.82, 2.24) is 0 Å². The van der Waals surface area contributed by atoms with Gasteiger partial charge in [0.25, 0.3) is 0 Å². The molecule has 0 aromatic heterocycles. The lowest BCUT2D eigenvalue weighted by Crippen LogP contribution is -2.15. The van der Waals surface area contributed by atoms with Gasteiger partial charge < -0.3 is 10.9 Å². The first-order valence-electron chi connectivity index (χ1n) is 5.99. The van der Waals surface area contributed by atoms with Gasteiger partial charge in [-0.05, 0) is 11.1 Å². The van der Waals surface area contributed by atoms with Crippen LogP contribution in [0.2, 0.25) is 0 Å². The van der Waals surface area contributed by atoms with Gasteiger partial charge in [-0.25, -0.2) is 0 Å². The fourth-order valence-electron chi connectivity index (χ4n) is 1.84. The minimum Gasteiger partial charge on any atom is -0.409 e. The summed E-state index contributed by atoms with van der Waals surface area (Å²) in [6, 6.07) is 20.5. The van der Waals surface area contributed by atoms with E-state index in [0.29, 0.717) is 5.75 Å². The smallest absolute Gasteiger partial charge is 0.149 e. The molecule has 3 N–H and O–H groups in total. The Morgan fingerprint density at radius 3 is 1.85 bits per heavy atom. The SMILES string of the molecule is Cl.NC(CSC(c1ccccc1)c1ccccc1)=NO. The van der Waals surface area contributed by atoms with Crippen LogP contribution in [-0.2, 0) is 0 Å². The van der Waals surface area contributed by atoms with Crippen LogP contribution < -0.4 is 5.73 Å². The Balaban J connectivity index is 0.00000200. The maximum Gasteiger partial charge on any atom is 0.149 e. The van der Waals surface area contributed by atoms with E-state index in [2.05, 4.69) is 29.4 Å². The Morgan fingerprint density at radius 1 is 1.00 bits per heavy atom. The molecule has 0 heterocycles. The van der Waals surface area contributed by atoms with Crippen molar-refractivity contribution in [1.29, 1.82) is 0 Å². The fraction of sp³-hybridized carbons (Fsp3) is 0.133. The molecule has 5 heteroatoms. The fourth-order valence-corrected chi connectivity index (χ4v) is 2.93. The molecular weight excluding hydrogens is 292 g/mol. The van der Waals surface area contributed by atoms with E-state index in [9.17, 15) is 0 Å². The molecule has 2 aromatic rings. The summed E-state index contributed by atoms with van der Waals surface area (Å²) in [4.78, 5) is 0. The number of oxime groups is 1. The highest BCUT2D eigenvalue weighted by Crippen LogP contribution is 2.35. The van der Waals surface area contributed by atoms with Gasteiger partial charge in [-0.3, -0.25) is 0 Å². The predicted molar refractivity (Wildman–Crippen MR) is 87.8 cm³/mol. The highest BCUT2D eigenvalue weighted by Gasteiger charge is 2.14. The van der Waals surface area contributed by atoms with Crippen molar-refractivity contribution in [2.24, 2.45) is 10.9 Å². The van der Waals surface area contributed by atoms with Crippen molar-refractivity contribution < 1.29 is 5.21 Å². The Hall–Kier alpha value is -1.65. The zero-order chi connectivity index (χ0) is 13.5. The number of halogens is 1. The second-order valence-electron chi connectivity index (χ2n) is 4.10. The quantitative estimate of drug-likeness (QED) is 0.383. The number of rotatable bonds is 5. The summed E-state index contributed by atoms with van der Waals surface area (Å²) in [7, 11) is 0. The summed E-state index contributed by atoms with van der Waals surface area (Å²) in [5, 5.41) is 11.8. The first-order chi connectivity index (χ1) is 9.31. The van der Waals surface area contributed by atoms with E-state index in [1.807, 2.05) is 36.4 Å². The molecule has 0 fully saturated rings. The number of hydrogen-bond donors (Lipinski definition) is 2. The normalized spacial score (nSPS) is 11.2. The standard InChI is InChI=1S/C15H16N2OS.ClH/c16-14(17-18)11-19-15(12-7-3-1-4-8-12)13-9-5-2-6-10-13;/h1-10,15,18H,11H2,(H2,16,17);1H. The molecule has 3 nitrogen and oxygen atoms in total. The van der Waals surface area contributed by atoms with Gasteiger partial charge in [0.15, 0.2) is 0 Å². The van der Waals surface area contributed by atoms with Crippen LogP contribution in [0.3, 0.4) is 0 Å². The molecule has 0 saturated carbocycles. The van der Waals surface area contributed by atoms with Crippen LogP contribution in [-0.4, -0.2) is 16.8 Å². The van der Waals surface area contributed by atoms with Gasteiger partial charge in [-0.15, -0.1) is 24.2 Å². The lowest BCUT2D eigenvalue weighted by Gasteiger charge is -2.17. The van der Waals surface area contributed by atoms with E-state index in [4.69, 9.17) is 10.9 Å². The Kier molecular flexibility index (Phi) is 6.98. The number of nitrogens with two attached hydrogens (primary N) is 1. The van der Waals surface area contributed by atoms with Crippen molar-refractivity contribution in [2.75, 3.05) is 5.75 Å². The minimum absolute atomic E-state index is 0. The maximum atomic E-state index is 8.64. The number of amidine groups is 1. The average molecular weight is 309 g/mol. The molecule has 0 saturated heterocycles. The third-order valence-corrected chi connectivity index (χ3v) is 4.07. The summed E-state index contributed by atoms with van der Waals surface area (Å²) >= 11 is 1.64. The van der Waals surface area contributed by atoms with Crippen molar-refractivity contribution in [2.45, 2.75) is 5.25 Å². The maximum absolute atomic E-state index is 8.64. The molecule has 106 valence electrons. The van der Waals surface area contributed by atoms with Gasteiger partial charge in [0.2, 0.25) is 0 Å². The van der Waals surface area contributed by atoms with Crippen molar-refractivity contribution in [3.63, 3.8) is 0 Å². The van der Waals surface area contributed by atoms with E-state index >= 15 is 0 Å². The van der Waals surface area contributed by atoms with Gasteiger partial charge >= 0.3 is 0 Å². The number of benzene rings is 2. The lowest BCUT2D eigenvalue weighted by atomic mass is 10.0. The highest BCUT2D eigenvalue weighted by atomic mass is 35.5. The van der Waals surface area contributed by atoms with Crippen LogP contribution in [0.15, 0.2) is 65.8 Å². The van der Waals surface area contributed by atoms with Crippen LogP contribution in [0.25, 0.3) is 0 Å². The Labute approximate surface area is 129 Å². The first kappa shape index (κ1) is 16.4. The van der Waals surface area contributed by atoms with E-state index in [-0.39, 0.29) is 23.5 Å².